The number of amides is 2. The Morgan fingerprint density at radius 2 is 2.00 bits per heavy atom. The molecule has 0 radical (unpaired) electrons. The van der Waals surface area contributed by atoms with E-state index in [2.05, 4.69) is 5.32 Å². The fourth-order valence-electron chi connectivity index (χ4n) is 3.35. The highest BCUT2D eigenvalue weighted by Crippen LogP contribution is 2.31. The topological polar surface area (TPSA) is 75.4 Å². The van der Waals surface area contributed by atoms with Gasteiger partial charge in [-0.25, -0.2) is 0 Å². The SMILES string of the molecule is N[C@@H]1CC[C@@H](C(=O)N2CCNC(=O)[C@H]2c2ccccc2)C1. The number of nitrogens with two attached hydrogens (primary N) is 1. The Morgan fingerprint density at radius 1 is 1.24 bits per heavy atom. The highest BCUT2D eigenvalue weighted by molar-refractivity contribution is 5.90. The van der Waals surface area contributed by atoms with E-state index < -0.39 is 6.04 Å². The molecule has 1 saturated carbocycles. The Hall–Kier alpha value is -1.88. The molecular weight excluding hydrogens is 266 g/mol. The maximum Gasteiger partial charge on any atom is 0.247 e. The molecule has 5 heteroatoms. The lowest BCUT2D eigenvalue weighted by Crippen LogP contribution is -2.53. The molecule has 1 aromatic rings. The molecule has 5 nitrogen and oxygen atoms in total. The minimum atomic E-state index is -0.510. The smallest absolute Gasteiger partial charge is 0.247 e. The molecule has 21 heavy (non-hydrogen) atoms. The lowest BCUT2D eigenvalue weighted by Gasteiger charge is -2.36. The average Bonchev–Trinajstić information content (AvgIpc) is 2.93. The van der Waals surface area contributed by atoms with Crippen LogP contribution in [0.15, 0.2) is 30.3 Å². The quantitative estimate of drug-likeness (QED) is 0.845. The molecule has 1 aliphatic carbocycles. The number of hydrogen-bond acceptors (Lipinski definition) is 3. The zero-order valence-corrected chi connectivity index (χ0v) is 12.0. The van der Waals surface area contributed by atoms with E-state index in [9.17, 15) is 9.59 Å². The van der Waals surface area contributed by atoms with Gasteiger partial charge in [0.05, 0.1) is 0 Å². The molecule has 3 N–H and O–H groups in total. The van der Waals surface area contributed by atoms with Gasteiger partial charge in [-0.1, -0.05) is 30.3 Å². The first-order valence-corrected chi connectivity index (χ1v) is 7.55. The van der Waals surface area contributed by atoms with Crippen LogP contribution in [0.1, 0.15) is 30.9 Å². The van der Waals surface area contributed by atoms with Crippen LogP contribution < -0.4 is 11.1 Å². The van der Waals surface area contributed by atoms with Crippen molar-refractivity contribution in [3.05, 3.63) is 35.9 Å². The molecule has 3 atom stereocenters. The number of carbonyl (C=O) groups is 2. The van der Waals surface area contributed by atoms with Gasteiger partial charge in [0.2, 0.25) is 11.8 Å². The van der Waals surface area contributed by atoms with E-state index in [0.717, 1.165) is 24.8 Å². The summed E-state index contributed by atoms with van der Waals surface area (Å²) in [5.41, 5.74) is 6.78. The van der Waals surface area contributed by atoms with E-state index in [1.807, 2.05) is 30.3 Å². The Balaban J connectivity index is 1.84. The first-order chi connectivity index (χ1) is 10.2. The third-order valence-corrected chi connectivity index (χ3v) is 4.43. The van der Waals surface area contributed by atoms with Gasteiger partial charge < -0.3 is 16.0 Å². The lowest BCUT2D eigenvalue weighted by molar-refractivity contribution is -0.146. The van der Waals surface area contributed by atoms with Gasteiger partial charge in [0.25, 0.3) is 0 Å². The van der Waals surface area contributed by atoms with E-state index in [-0.39, 0.29) is 23.8 Å². The monoisotopic (exact) mass is 287 g/mol. The normalized spacial score (nSPS) is 29.3. The van der Waals surface area contributed by atoms with Crippen molar-refractivity contribution in [2.45, 2.75) is 31.3 Å². The lowest BCUT2D eigenvalue weighted by atomic mass is 9.98. The van der Waals surface area contributed by atoms with Gasteiger partial charge in [-0.2, -0.15) is 0 Å². The average molecular weight is 287 g/mol. The molecule has 0 spiro atoms. The molecule has 2 fully saturated rings. The molecule has 0 unspecified atom stereocenters. The van der Waals surface area contributed by atoms with Crippen LogP contribution in [-0.2, 0) is 9.59 Å². The molecule has 1 aliphatic heterocycles. The maximum atomic E-state index is 12.8. The van der Waals surface area contributed by atoms with Gasteiger partial charge in [-0.3, -0.25) is 9.59 Å². The minimum Gasteiger partial charge on any atom is -0.352 e. The number of benzene rings is 1. The van der Waals surface area contributed by atoms with Crippen LogP contribution in [0, 0.1) is 5.92 Å². The van der Waals surface area contributed by atoms with Crippen molar-refractivity contribution in [2.75, 3.05) is 13.1 Å². The van der Waals surface area contributed by atoms with Crippen molar-refractivity contribution in [2.24, 2.45) is 11.7 Å². The van der Waals surface area contributed by atoms with Crippen molar-refractivity contribution in [3.8, 4) is 0 Å². The van der Waals surface area contributed by atoms with Crippen molar-refractivity contribution in [3.63, 3.8) is 0 Å². The van der Waals surface area contributed by atoms with Crippen LogP contribution in [0.25, 0.3) is 0 Å². The Bertz CT molecular complexity index is 532. The summed E-state index contributed by atoms with van der Waals surface area (Å²) in [5.74, 6) is -0.0492. The third kappa shape index (κ3) is 2.78. The van der Waals surface area contributed by atoms with Crippen LogP contribution in [0.5, 0.6) is 0 Å². The molecule has 0 bridgehead atoms. The summed E-state index contributed by atoms with van der Waals surface area (Å²) in [6.07, 6.45) is 2.46. The number of rotatable bonds is 2. The predicted octanol–water partition coefficient (Wildman–Crippen LogP) is 0.814. The summed E-state index contributed by atoms with van der Waals surface area (Å²) >= 11 is 0. The van der Waals surface area contributed by atoms with Crippen LogP contribution in [0.3, 0.4) is 0 Å². The molecule has 2 aliphatic rings. The molecule has 112 valence electrons. The summed E-state index contributed by atoms with van der Waals surface area (Å²) in [7, 11) is 0. The van der Waals surface area contributed by atoms with E-state index in [1.54, 1.807) is 4.90 Å². The van der Waals surface area contributed by atoms with Crippen molar-refractivity contribution >= 4 is 11.8 Å². The standard InChI is InChI=1S/C16H21N3O2/c17-13-7-6-12(10-13)16(21)19-9-8-18-15(20)14(19)11-4-2-1-3-5-11/h1-5,12-14H,6-10,17H2,(H,18,20)/t12-,13-,14-/m1/s1. The Morgan fingerprint density at radius 3 is 2.67 bits per heavy atom. The van der Waals surface area contributed by atoms with Crippen LogP contribution in [-0.4, -0.2) is 35.8 Å². The minimum absolute atomic E-state index is 0.0305. The Kier molecular flexibility index (Phi) is 3.92. The molecule has 1 saturated heterocycles. The second-order valence-electron chi connectivity index (χ2n) is 5.91. The third-order valence-electron chi connectivity index (χ3n) is 4.43. The molecular formula is C16H21N3O2. The van der Waals surface area contributed by atoms with Crippen LogP contribution in [0.2, 0.25) is 0 Å². The number of nitrogens with one attached hydrogen (secondary N) is 1. The largest absolute Gasteiger partial charge is 0.352 e. The fourth-order valence-corrected chi connectivity index (χ4v) is 3.35. The van der Waals surface area contributed by atoms with E-state index in [0.29, 0.717) is 13.1 Å². The van der Waals surface area contributed by atoms with E-state index in [4.69, 9.17) is 5.73 Å². The van der Waals surface area contributed by atoms with Gasteiger partial charge >= 0.3 is 0 Å². The van der Waals surface area contributed by atoms with Crippen molar-refractivity contribution in [1.29, 1.82) is 0 Å². The first kappa shape index (κ1) is 14.1. The van der Waals surface area contributed by atoms with Gasteiger partial charge in [0.1, 0.15) is 6.04 Å². The first-order valence-electron chi connectivity index (χ1n) is 7.55. The molecule has 1 heterocycles. The van der Waals surface area contributed by atoms with Gasteiger partial charge in [0, 0.05) is 25.0 Å². The van der Waals surface area contributed by atoms with Crippen molar-refractivity contribution < 1.29 is 9.59 Å². The zero-order valence-electron chi connectivity index (χ0n) is 12.0. The summed E-state index contributed by atoms with van der Waals surface area (Å²) in [6.45, 7) is 1.09. The Labute approximate surface area is 124 Å². The van der Waals surface area contributed by atoms with E-state index in [1.165, 1.54) is 0 Å². The summed E-state index contributed by atoms with van der Waals surface area (Å²) in [4.78, 5) is 26.8. The fraction of sp³-hybridized carbons (Fsp3) is 0.500. The molecule has 1 aromatic carbocycles. The van der Waals surface area contributed by atoms with Gasteiger partial charge in [-0.05, 0) is 24.8 Å². The van der Waals surface area contributed by atoms with Gasteiger partial charge in [0.15, 0.2) is 0 Å². The maximum absolute atomic E-state index is 12.8. The number of hydrogen-bond donors (Lipinski definition) is 2. The number of piperazine rings is 1. The van der Waals surface area contributed by atoms with Crippen LogP contribution in [0.4, 0.5) is 0 Å². The predicted molar refractivity (Wildman–Crippen MR) is 79.2 cm³/mol. The summed E-state index contributed by atoms with van der Waals surface area (Å²) in [6, 6.07) is 9.10. The second kappa shape index (κ2) is 5.85. The number of nitrogens with zero attached hydrogens (tertiary/aromatic N) is 1. The number of carbonyl (C=O) groups excluding carboxylic acids is 2. The highest BCUT2D eigenvalue weighted by Gasteiger charge is 2.38. The zero-order chi connectivity index (χ0) is 14.8. The summed E-state index contributed by atoms with van der Waals surface area (Å²) in [5, 5.41) is 2.86. The van der Waals surface area contributed by atoms with Crippen molar-refractivity contribution in [1.82, 2.24) is 10.2 Å². The molecule has 0 aromatic heterocycles. The summed E-state index contributed by atoms with van der Waals surface area (Å²) < 4.78 is 0. The van der Waals surface area contributed by atoms with E-state index >= 15 is 0 Å². The van der Waals surface area contributed by atoms with Crippen LogP contribution >= 0.6 is 0 Å². The molecule has 2 amide bonds. The highest BCUT2D eigenvalue weighted by atomic mass is 16.2. The second-order valence-corrected chi connectivity index (χ2v) is 5.91. The molecule has 3 rings (SSSR count). The van der Waals surface area contributed by atoms with Gasteiger partial charge in [-0.15, -0.1) is 0 Å².